The van der Waals surface area contributed by atoms with Gasteiger partial charge in [0.05, 0.1) is 22.2 Å². The molecule has 0 N–H and O–H groups in total. The Kier molecular flexibility index (Phi) is 3.96. The van der Waals surface area contributed by atoms with E-state index in [0.29, 0.717) is 18.9 Å². The molecule has 2 saturated heterocycles. The van der Waals surface area contributed by atoms with Crippen LogP contribution in [0.5, 0.6) is 0 Å². The summed E-state index contributed by atoms with van der Waals surface area (Å²) in [5, 5.41) is 1.04. The highest BCUT2D eigenvalue weighted by Crippen LogP contribution is 2.38. The van der Waals surface area contributed by atoms with Crippen molar-refractivity contribution < 1.29 is 9.59 Å². The largest absolute Gasteiger partial charge is 0.342 e. The van der Waals surface area contributed by atoms with E-state index in [1.54, 1.807) is 11.3 Å². The highest BCUT2D eigenvalue weighted by atomic mass is 32.1. The Morgan fingerprint density at radius 3 is 2.88 bits per heavy atom. The van der Waals surface area contributed by atoms with E-state index in [-0.39, 0.29) is 23.8 Å². The smallest absolute Gasteiger partial charge is 0.228 e. The van der Waals surface area contributed by atoms with Crippen LogP contribution in [0.4, 0.5) is 0 Å². The number of hydrogen-bond acceptors (Lipinski definition) is 4. The number of likely N-dealkylation sites (tertiary alicyclic amines) is 2. The molecule has 3 aliphatic rings. The number of benzene rings is 1. The number of carbonyl (C=O) groups excluding carboxylic acids is 2. The molecule has 2 atom stereocenters. The van der Waals surface area contributed by atoms with Crippen LogP contribution in [0, 0.1) is 11.8 Å². The van der Waals surface area contributed by atoms with Gasteiger partial charge in [-0.1, -0.05) is 12.1 Å². The predicted molar refractivity (Wildman–Crippen MR) is 101 cm³/mol. The zero-order valence-corrected chi connectivity index (χ0v) is 15.6. The fourth-order valence-corrected chi connectivity index (χ4v) is 5.40. The van der Waals surface area contributed by atoms with Crippen molar-refractivity contribution in [3.8, 4) is 0 Å². The average molecular weight is 369 g/mol. The molecule has 0 radical (unpaired) electrons. The van der Waals surface area contributed by atoms with E-state index in [9.17, 15) is 9.59 Å². The lowest BCUT2D eigenvalue weighted by molar-refractivity contribution is -0.136. The molecule has 26 heavy (non-hydrogen) atoms. The standard InChI is InChI=1S/C20H23N3O2S/c24-18-10-14(12-22(18)11-13-7-8-13)20(25)23-9-3-5-16(23)19-21-15-4-1-2-6-17(15)26-19/h1-2,4,6,13-14,16H,3,5,7-12H2/t14-,16-/m1/s1. The molecule has 3 heterocycles. The summed E-state index contributed by atoms with van der Waals surface area (Å²) in [6.45, 7) is 2.24. The van der Waals surface area contributed by atoms with E-state index < -0.39 is 0 Å². The number of para-hydroxylation sites is 1. The first kappa shape index (κ1) is 16.2. The molecule has 1 aromatic carbocycles. The number of fused-ring (bicyclic) bond motifs is 1. The van der Waals surface area contributed by atoms with Gasteiger partial charge in [-0.25, -0.2) is 4.98 Å². The molecular weight excluding hydrogens is 346 g/mol. The monoisotopic (exact) mass is 369 g/mol. The van der Waals surface area contributed by atoms with Crippen LogP contribution < -0.4 is 0 Å². The Balaban J connectivity index is 1.33. The van der Waals surface area contributed by atoms with Crippen molar-refractivity contribution >= 4 is 33.4 Å². The number of carbonyl (C=O) groups is 2. The second-order valence-corrected chi connectivity index (χ2v) is 8.91. The van der Waals surface area contributed by atoms with Crippen LogP contribution >= 0.6 is 11.3 Å². The van der Waals surface area contributed by atoms with Gasteiger partial charge in [-0.2, -0.15) is 0 Å². The van der Waals surface area contributed by atoms with Crippen molar-refractivity contribution in [1.29, 1.82) is 0 Å². The summed E-state index contributed by atoms with van der Waals surface area (Å²) in [5.74, 6) is 0.815. The molecule has 1 aromatic heterocycles. The van der Waals surface area contributed by atoms with Crippen LogP contribution in [0.1, 0.15) is 43.2 Å². The average Bonchev–Trinajstić information content (AvgIpc) is 3.05. The Morgan fingerprint density at radius 1 is 1.23 bits per heavy atom. The van der Waals surface area contributed by atoms with Crippen LogP contribution in [0.3, 0.4) is 0 Å². The molecule has 0 spiro atoms. The number of thiazole rings is 1. The summed E-state index contributed by atoms with van der Waals surface area (Å²) in [7, 11) is 0. The van der Waals surface area contributed by atoms with E-state index in [1.165, 1.54) is 17.5 Å². The Hall–Kier alpha value is -1.95. The molecular formula is C20H23N3O2S. The maximum atomic E-state index is 13.2. The minimum absolute atomic E-state index is 0.0764. The number of aromatic nitrogens is 1. The topological polar surface area (TPSA) is 53.5 Å². The lowest BCUT2D eigenvalue weighted by Crippen LogP contribution is -2.37. The van der Waals surface area contributed by atoms with E-state index >= 15 is 0 Å². The normalized spacial score (nSPS) is 26.2. The molecule has 2 aromatic rings. The van der Waals surface area contributed by atoms with Crippen LogP contribution in [0.2, 0.25) is 0 Å². The minimum atomic E-state index is -0.170. The molecule has 5 nitrogen and oxygen atoms in total. The zero-order chi connectivity index (χ0) is 17.7. The van der Waals surface area contributed by atoms with E-state index in [1.807, 2.05) is 28.0 Å². The Labute approximate surface area is 157 Å². The van der Waals surface area contributed by atoms with Gasteiger partial charge in [0.1, 0.15) is 5.01 Å². The fourth-order valence-electron chi connectivity index (χ4n) is 4.28. The van der Waals surface area contributed by atoms with Gasteiger partial charge < -0.3 is 9.80 Å². The summed E-state index contributed by atoms with van der Waals surface area (Å²) in [6, 6.07) is 8.22. The first-order chi connectivity index (χ1) is 12.7. The van der Waals surface area contributed by atoms with Crippen molar-refractivity contribution in [3.63, 3.8) is 0 Å². The minimum Gasteiger partial charge on any atom is -0.342 e. The van der Waals surface area contributed by atoms with Gasteiger partial charge in [-0.15, -0.1) is 11.3 Å². The molecule has 3 fully saturated rings. The first-order valence-electron chi connectivity index (χ1n) is 9.63. The number of nitrogens with zero attached hydrogens (tertiary/aromatic N) is 3. The summed E-state index contributed by atoms with van der Waals surface area (Å²) in [6.07, 6.45) is 4.83. The second-order valence-electron chi connectivity index (χ2n) is 7.85. The number of amides is 2. The molecule has 136 valence electrons. The van der Waals surface area contributed by atoms with Crippen molar-refractivity contribution in [1.82, 2.24) is 14.8 Å². The van der Waals surface area contributed by atoms with E-state index in [4.69, 9.17) is 4.98 Å². The van der Waals surface area contributed by atoms with Gasteiger partial charge in [0.25, 0.3) is 0 Å². The lowest BCUT2D eigenvalue weighted by atomic mass is 10.1. The van der Waals surface area contributed by atoms with Crippen LogP contribution in [0.25, 0.3) is 10.2 Å². The third-order valence-electron chi connectivity index (χ3n) is 5.87. The van der Waals surface area contributed by atoms with Gasteiger partial charge in [0, 0.05) is 26.1 Å². The second kappa shape index (κ2) is 6.34. The lowest BCUT2D eigenvalue weighted by Gasteiger charge is -2.26. The van der Waals surface area contributed by atoms with Crippen LogP contribution in [-0.4, -0.2) is 46.2 Å². The summed E-state index contributed by atoms with van der Waals surface area (Å²) < 4.78 is 1.17. The highest BCUT2D eigenvalue weighted by Gasteiger charge is 2.42. The summed E-state index contributed by atoms with van der Waals surface area (Å²) in [5.41, 5.74) is 1.01. The third-order valence-corrected chi connectivity index (χ3v) is 7.01. The summed E-state index contributed by atoms with van der Waals surface area (Å²) >= 11 is 1.69. The van der Waals surface area contributed by atoms with Gasteiger partial charge >= 0.3 is 0 Å². The summed E-state index contributed by atoms with van der Waals surface area (Å²) in [4.78, 5) is 34.1. The molecule has 1 aliphatic carbocycles. The molecule has 2 amide bonds. The van der Waals surface area contributed by atoms with Gasteiger partial charge in [-0.3, -0.25) is 9.59 Å². The quantitative estimate of drug-likeness (QED) is 0.831. The van der Waals surface area contributed by atoms with Crippen molar-refractivity contribution in [2.45, 2.75) is 38.1 Å². The first-order valence-corrected chi connectivity index (χ1v) is 10.4. The van der Waals surface area contributed by atoms with E-state index in [2.05, 4.69) is 6.07 Å². The van der Waals surface area contributed by atoms with Crippen LogP contribution in [-0.2, 0) is 9.59 Å². The molecule has 1 saturated carbocycles. The zero-order valence-electron chi connectivity index (χ0n) is 14.8. The highest BCUT2D eigenvalue weighted by molar-refractivity contribution is 7.18. The number of rotatable bonds is 4. The predicted octanol–water partition coefficient (Wildman–Crippen LogP) is 3.22. The molecule has 0 bridgehead atoms. The maximum absolute atomic E-state index is 13.2. The van der Waals surface area contributed by atoms with Gasteiger partial charge in [-0.05, 0) is 43.7 Å². The molecule has 6 heteroatoms. The van der Waals surface area contributed by atoms with Gasteiger partial charge in [0.15, 0.2) is 0 Å². The number of hydrogen-bond donors (Lipinski definition) is 0. The van der Waals surface area contributed by atoms with Crippen molar-refractivity contribution in [3.05, 3.63) is 29.3 Å². The SMILES string of the molecule is O=C1C[C@@H](C(=O)N2CCC[C@@H]2c2nc3ccccc3s2)CN1CC1CC1. The van der Waals surface area contributed by atoms with Crippen molar-refractivity contribution in [2.24, 2.45) is 11.8 Å². The van der Waals surface area contributed by atoms with Gasteiger partial charge in [0.2, 0.25) is 11.8 Å². The Morgan fingerprint density at radius 2 is 2.08 bits per heavy atom. The maximum Gasteiger partial charge on any atom is 0.228 e. The fraction of sp³-hybridized carbons (Fsp3) is 0.550. The third kappa shape index (κ3) is 2.90. The van der Waals surface area contributed by atoms with E-state index in [0.717, 1.165) is 36.5 Å². The Bertz CT molecular complexity index is 827. The molecule has 5 rings (SSSR count). The van der Waals surface area contributed by atoms with Crippen LogP contribution in [0.15, 0.2) is 24.3 Å². The van der Waals surface area contributed by atoms with Crippen molar-refractivity contribution in [2.75, 3.05) is 19.6 Å². The molecule has 2 aliphatic heterocycles. The molecule has 0 unspecified atom stereocenters.